The third-order valence-electron chi connectivity index (χ3n) is 4.42. The molecule has 1 aromatic rings. The van der Waals surface area contributed by atoms with E-state index in [1.165, 1.54) is 29.5 Å². The Morgan fingerprint density at radius 2 is 2.08 bits per heavy atom. The normalized spacial score (nSPS) is 15.7. The highest BCUT2D eigenvalue weighted by Gasteiger charge is 2.10. The summed E-state index contributed by atoms with van der Waals surface area (Å²) in [5.74, 6) is 0.0119. The van der Waals surface area contributed by atoms with E-state index in [9.17, 15) is 9.90 Å². The molecule has 1 unspecified atom stereocenters. The number of aliphatic hydroxyl groups excluding tert-OH is 1. The van der Waals surface area contributed by atoms with E-state index in [-0.39, 0.29) is 5.91 Å². The van der Waals surface area contributed by atoms with Crippen LogP contribution in [0, 0.1) is 0 Å². The first-order valence-corrected chi connectivity index (χ1v) is 9.08. The summed E-state index contributed by atoms with van der Waals surface area (Å²) in [5.41, 5.74) is 3.77. The van der Waals surface area contributed by atoms with E-state index in [0.717, 1.165) is 25.8 Å². The number of benzene rings is 1. The topological polar surface area (TPSA) is 61.4 Å². The Morgan fingerprint density at radius 1 is 1.25 bits per heavy atom. The molecule has 1 aliphatic rings. The molecule has 1 atom stereocenters. The second-order valence-corrected chi connectivity index (χ2v) is 6.55. The van der Waals surface area contributed by atoms with Crippen LogP contribution in [0.2, 0.25) is 0 Å². The summed E-state index contributed by atoms with van der Waals surface area (Å²) in [5, 5.41) is 16.1. The Bertz CT molecular complexity index is 554. The zero-order chi connectivity index (χ0) is 17.2. The van der Waals surface area contributed by atoms with Gasteiger partial charge in [-0.3, -0.25) is 4.79 Å². The first-order valence-electron chi connectivity index (χ1n) is 9.08. The molecule has 0 bridgehead atoms. The van der Waals surface area contributed by atoms with Gasteiger partial charge in [-0.2, -0.15) is 0 Å². The molecule has 0 heterocycles. The highest BCUT2D eigenvalue weighted by atomic mass is 16.3. The predicted octanol–water partition coefficient (Wildman–Crippen LogP) is 2.71. The zero-order valence-corrected chi connectivity index (χ0v) is 14.7. The van der Waals surface area contributed by atoms with Crippen molar-refractivity contribution in [2.45, 2.75) is 58.1 Å². The quantitative estimate of drug-likeness (QED) is 0.610. The van der Waals surface area contributed by atoms with Crippen LogP contribution in [0.15, 0.2) is 35.9 Å². The van der Waals surface area contributed by atoms with Gasteiger partial charge in [-0.25, -0.2) is 0 Å². The molecule has 1 aliphatic carbocycles. The Balaban J connectivity index is 1.61. The van der Waals surface area contributed by atoms with Crippen molar-refractivity contribution in [1.29, 1.82) is 0 Å². The lowest BCUT2D eigenvalue weighted by atomic mass is 9.97. The van der Waals surface area contributed by atoms with Gasteiger partial charge in [-0.05, 0) is 43.2 Å². The third-order valence-corrected chi connectivity index (χ3v) is 4.42. The summed E-state index contributed by atoms with van der Waals surface area (Å²) in [7, 11) is 0. The van der Waals surface area contributed by atoms with Crippen LogP contribution in [0.25, 0.3) is 0 Å². The van der Waals surface area contributed by atoms with Crippen LogP contribution < -0.4 is 10.6 Å². The lowest BCUT2D eigenvalue weighted by Gasteiger charge is -2.15. The van der Waals surface area contributed by atoms with Crippen molar-refractivity contribution >= 4 is 5.91 Å². The van der Waals surface area contributed by atoms with Gasteiger partial charge in [-0.1, -0.05) is 42.8 Å². The Hall–Kier alpha value is -1.65. The van der Waals surface area contributed by atoms with Gasteiger partial charge in [0.25, 0.3) is 0 Å². The number of aliphatic hydroxyl groups is 1. The van der Waals surface area contributed by atoms with Gasteiger partial charge in [0.05, 0.1) is 6.10 Å². The molecule has 132 valence electrons. The zero-order valence-electron chi connectivity index (χ0n) is 14.7. The molecule has 0 saturated heterocycles. The second-order valence-electron chi connectivity index (χ2n) is 6.55. The van der Waals surface area contributed by atoms with Gasteiger partial charge < -0.3 is 15.7 Å². The molecule has 24 heavy (non-hydrogen) atoms. The number of allylic oxidation sites excluding steroid dienone is 1. The van der Waals surface area contributed by atoms with Crippen LogP contribution in [-0.2, 0) is 17.8 Å². The Labute approximate surface area is 145 Å². The molecular formula is C20H30N2O2. The van der Waals surface area contributed by atoms with Gasteiger partial charge >= 0.3 is 0 Å². The average Bonchev–Trinajstić information content (AvgIpc) is 2.61. The molecule has 4 nitrogen and oxygen atoms in total. The molecule has 0 aromatic heterocycles. The van der Waals surface area contributed by atoms with Crippen molar-refractivity contribution in [2.24, 2.45) is 0 Å². The lowest BCUT2D eigenvalue weighted by Crippen LogP contribution is -2.38. The van der Waals surface area contributed by atoms with Gasteiger partial charge in [0.1, 0.15) is 0 Å². The number of amides is 1. The molecule has 0 radical (unpaired) electrons. The van der Waals surface area contributed by atoms with Crippen molar-refractivity contribution < 1.29 is 9.90 Å². The molecule has 2 rings (SSSR count). The Kier molecular flexibility index (Phi) is 7.99. The molecule has 0 aliphatic heterocycles. The highest BCUT2D eigenvalue weighted by Crippen LogP contribution is 2.19. The molecule has 1 aromatic carbocycles. The van der Waals surface area contributed by atoms with E-state index in [4.69, 9.17) is 0 Å². The summed E-state index contributed by atoms with van der Waals surface area (Å²) in [4.78, 5) is 11.9. The van der Waals surface area contributed by atoms with Crippen LogP contribution in [0.4, 0.5) is 0 Å². The number of carbonyl (C=O) groups excluding carboxylic acids is 1. The first kappa shape index (κ1) is 18.7. The summed E-state index contributed by atoms with van der Waals surface area (Å²) in [6.07, 6.45) is 7.67. The predicted molar refractivity (Wildman–Crippen MR) is 97.7 cm³/mol. The minimum absolute atomic E-state index is 0.0119. The van der Waals surface area contributed by atoms with Crippen molar-refractivity contribution in [3.05, 3.63) is 47.0 Å². The number of aryl methyl sites for hydroxylation is 1. The van der Waals surface area contributed by atoms with Gasteiger partial charge in [0.15, 0.2) is 0 Å². The fraction of sp³-hybridized carbons (Fsp3) is 0.550. The Morgan fingerprint density at radius 3 is 2.83 bits per heavy atom. The van der Waals surface area contributed by atoms with Crippen LogP contribution in [0.3, 0.4) is 0 Å². The fourth-order valence-corrected chi connectivity index (χ4v) is 2.98. The van der Waals surface area contributed by atoms with Gasteiger partial charge in [0.2, 0.25) is 5.91 Å². The summed E-state index contributed by atoms with van der Waals surface area (Å²) in [6.45, 7) is 3.64. The van der Waals surface area contributed by atoms with Crippen LogP contribution in [0.1, 0.15) is 50.2 Å². The van der Waals surface area contributed by atoms with E-state index in [1.807, 2.05) is 0 Å². The summed E-state index contributed by atoms with van der Waals surface area (Å²) in [6, 6.07) is 8.44. The van der Waals surface area contributed by atoms with E-state index in [2.05, 4.69) is 47.9 Å². The molecule has 3 N–H and O–H groups in total. The first-order chi connectivity index (χ1) is 11.7. The third kappa shape index (κ3) is 6.85. The van der Waals surface area contributed by atoms with Crippen LogP contribution in [-0.4, -0.2) is 30.2 Å². The standard InChI is InChI=1S/C20H30N2O2/c1-2-16-9-6-10-18(11-16)13-21-14-19(23)15-22-20(24)12-17-7-4-3-5-8-17/h6-7,9-11,19,21,23H,2-5,8,12-15H2,1H3,(H,22,24). The minimum Gasteiger partial charge on any atom is -0.390 e. The average molecular weight is 330 g/mol. The number of hydrogen-bond donors (Lipinski definition) is 3. The number of hydrogen-bond acceptors (Lipinski definition) is 3. The number of carbonyl (C=O) groups is 1. The van der Waals surface area contributed by atoms with E-state index >= 15 is 0 Å². The maximum atomic E-state index is 11.9. The van der Waals surface area contributed by atoms with Gasteiger partial charge in [0, 0.05) is 26.1 Å². The van der Waals surface area contributed by atoms with Crippen molar-refractivity contribution in [2.75, 3.05) is 13.1 Å². The van der Waals surface area contributed by atoms with Crippen molar-refractivity contribution in [1.82, 2.24) is 10.6 Å². The number of nitrogens with one attached hydrogen (secondary N) is 2. The van der Waals surface area contributed by atoms with Crippen LogP contribution in [0.5, 0.6) is 0 Å². The lowest BCUT2D eigenvalue weighted by molar-refractivity contribution is -0.120. The monoisotopic (exact) mass is 330 g/mol. The smallest absolute Gasteiger partial charge is 0.224 e. The van der Waals surface area contributed by atoms with Crippen LogP contribution >= 0.6 is 0 Å². The minimum atomic E-state index is -0.566. The maximum absolute atomic E-state index is 11.9. The maximum Gasteiger partial charge on any atom is 0.224 e. The molecular weight excluding hydrogens is 300 g/mol. The number of rotatable bonds is 9. The van der Waals surface area contributed by atoms with E-state index in [0.29, 0.717) is 19.5 Å². The molecule has 0 spiro atoms. The molecule has 0 fully saturated rings. The van der Waals surface area contributed by atoms with Gasteiger partial charge in [-0.15, -0.1) is 0 Å². The van der Waals surface area contributed by atoms with Crippen molar-refractivity contribution in [3.8, 4) is 0 Å². The SMILES string of the molecule is CCc1cccc(CNCC(O)CNC(=O)CC2=CCCCC2)c1. The fourth-order valence-electron chi connectivity index (χ4n) is 2.98. The second kappa shape index (κ2) is 10.3. The largest absolute Gasteiger partial charge is 0.390 e. The molecule has 0 saturated carbocycles. The summed E-state index contributed by atoms with van der Waals surface area (Å²) < 4.78 is 0. The van der Waals surface area contributed by atoms with Crippen molar-refractivity contribution in [3.63, 3.8) is 0 Å². The van der Waals surface area contributed by atoms with E-state index < -0.39 is 6.10 Å². The molecule has 4 heteroatoms. The van der Waals surface area contributed by atoms with E-state index in [1.54, 1.807) is 0 Å². The summed E-state index contributed by atoms with van der Waals surface area (Å²) >= 11 is 0. The molecule has 1 amide bonds. The highest BCUT2D eigenvalue weighted by molar-refractivity contribution is 5.78.